The number of likely N-dealkylation sites (N-methyl/N-ethyl adjacent to an activating group) is 1. The SMILES string of the molecule is CN1CCC(Br)C1=O.C[C@H]1C[C@@H](CC2CCN(C)C2=O)CN(c2ccc(C#N)c3nccnc23)C1.C[C@H]1C[C@@H](CC2CCN(C)C2=O)CN(c2ccc(C#N)c3nccnc23)C1.C[C@H]1C[C@@H](N)CN(c2ccc(C#N)c3nccnc23)C1.C[C@H]1C[C@@H](NC2CCN(C)C2=O)CN(c2ccc(C#N)c3nccnc23)C1. The van der Waals surface area contributed by atoms with Gasteiger partial charge in [-0.05, 0) is 148 Å². The zero-order valence-corrected chi connectivity index (χ0v) is 65.3. The number of aromatic nitrogens is 8. The van der Waals surface area contributed by atoms with E-state index in [0.717, 1.165) is 188 Å². The molecule has 568 valence electrons. The highest BCUT2D eigenvalue weighted by Gasteiger charge is 2.39. The van der Waals surface area contributed by atoms with Gasteiger partial charge in [-0.25, -0.2) is 0 Å². The van der Waals surface area contributed by atoms with Crippen molar-refractivity contribution in [2.75, 3.05) is 126 Å². The van der Waals surface area contributed by atoms with E-state index in [0.29, 0.717) is 91.6 Å². The van der Waals surface area contributed by atoms with Crippen LogP contribution in [-0.2, 0) is 19.2 Å². The molecule has 12 atom stereocenters. The second-order valence-corrected chi connectivity index (χ2v) is 32.5. The lowest BCUT2D eigenvalue weighted by atomic mass is 9.83. The molecule has 8 aromatic rings. The Bertz CT molecular complexity index is 4430. The fourth-order valence-corrected chi connectivity index (χ4v) is 18.1. The van der Waals surface area contributed by atoms with Crippen molar-refractivity contribution in [2.24, 2.45) is 53.1 Å². The number of piperidine rings is 4. The van der Waals surface area contributed by atoms with Crippen molar-refractivity contribution in [1.29, 1.82) is 21.0 Å². The van der Waals surface area contributed by atoms with E-state index >= 15 is 0 Å². The minimum Gasteiger partial charge on any atom is -0.369 e. The zero-order chi connectivity index (χ0) is 77.2. The highest BCUT2D eigenvalue weighted by atomic mass is 79.9. The van der Waals surface area contributed by atoms with Gasteiger partial charge in [-0.3, -0.25) is 59.0 Å². The molecule has 0 aliphatic carbocycles. The monoisotopic (exact) mass is 1530 g/mol. The number of carbonyl (C=O) groups is 4. The van der Waals surface area contributed by atoms with Crippen molar-refractivity contribution in [3.8, 4) is 24.3 Å². The largest absolute Gasteiger partial charge is 0.369 e. The lowest BCUT2D eigenvalue weighted by Gasteiger charge is -2.39. The van der Waals surface area contributed by atoms with Crippen LogP contribution >= 0.6 is 15.9 Å². The summed E-state index contributed by atoms with van der Waals surface area (Å²) in [6.45, 7) is 19.8. The number of hydrogen-bond donors (Lipinski definition) is 2. The fraction of sp³-hybridized carbons (Fsp3) is 0.512. The van der Waals surface area contributed by atoms with Gasteiger partial charge in [0.15, 0.2) is 0 Å². The Kier molecular flexibility index (Phi) is 25.4. The number of anilines is 4. The summed E-state index contributed by atoms with van der Waals surface area (Å²) < 4.78 is 0. The average Bonchev–Trinajstić information content (AvgIpc) is 1.62. The molecule has 8 saturated heterocycles. The van der Waals surface area contributed by atoms with E-state index in [2.05, 4.69) is 133 Å². The van der Waals surface area contributed by atoms with Gasteiger partial charge in [0.1, 0.15) is 68.4 Å². The minimum atomic E-state index is -0.0790. The molecule has 16 rings (SSSR count). The topological polar surface area (TPSA) is 331 Å². The van der Waals surface area contributed by atoms with Crippen molar-refractivity contribution in [2.45, 2.75) is 115 Å². The van der Waals surface area contributed by atoms with E-state index in [-0.39, 0.29) is 46.6 Å². The van der Waals surface area contributed by atoms with Gasteiger partial charge in [-0.1, -0.05) is 43.6 Å². The highest BCUT2D eigenvalue weighted by Crippen LogP contribution is 2.39. The van der Waals surface area contributed by atoms with Crippen LogP contribution in [0.4, 0.5) is 22.7 Å². The summed E-state index contributed by atoms with van der Waals surface area (Å²) in [5.41, 5.74) is 18.2. The average molecular weight is 1540 g/mol. The number of carbonyl (C=O) groups excluding carboxylic acids is 4. The Morgan fingerprint density at radius 1 is 0.394 bits per heavy atom. The van der Waals surface area contributed by atoms with Crippen molar-refractivity contribution in [3.63, 3.8) is 0 Å². The number of fused-ring (bicyclic) bond motifs is 4. The molecule has 4 aromatic heterocycles. The number of halogens is 1. The van der Waals surface area contributed by atoms with Gasteiger partial charge in [0, 0.05) is 180 Å². The third kappa shape index (κ3) is 18.2. The van der Waals surface area contributed by atoms with E-state index in [1.54, 1.807) is 59.4 Å². The summed E-state index contributed by atoms with van der Waals surface area (Å²) in [5, 5.41) is 40.8. The van der Waals surface area contributed by atoms with Crippen LogP contribution in [0.1, 0.15) is 114 Å². The first-order valence-electron chi connectivity index (χ1n) is 38.3. The molecule has 12 heterocycles. The number of nitriles is 4. The maximum atomic E-state index is 12.3. The van der Waals surface area contributed by atoms with Gasteiger partial charge in [0.25, 0.3) is 0 Å². The second-order valence-electron chi connectivity index (χ2n) is 31.4. The first-order chi connectivity index (χ1) is 52.6. The van der Waals surface area contributed by atoms with Crippen LogP contribution in [0.25, 0.3) is 44.1 Å². The molecule has 3 N–H and O–H groups in total. The van der Waals surface area contributed by atoms with Crippen molar-refractivity contribution in [3.05, 3.63) is 120 Å². The summed E-state index contributed by atoms with van der Waals surface area (Å²) in [4.78, 5) is 99.8. The molecule has 109 heavy (non-hydrogen) atoms. The van der Waals surface area contributed by atoms with Gasteiger partial charge in [-0.2, -0.15) is 21.0 Å². The maximum Gasteiger partial charge on any atom is 0.239 e. The van der Waals surface area contributed by atoms with Crippen molar-refractivity contribution < 1.29 is 19.2 Å². The number of nitrogens with zero attached hydrogens (tertiary/aromatic N) is 20. The standard InChI is InChI=1S/2C21H25N5O.C20H24N6O.C15H17N5.C5H8BrNO/c2*1-14-9-15(10-16-5-8-25(2)21(16)27)13-26(12-14)18-4-3-17(11-22)19-20(18)24-7-6-23-19;1-13-9-15(24-16-5-8-25(2)20(16)27)12-26(11-13)17-4-3-14(10-21)18-19(17)23-7-6-22-18;1-10-6-12(17)9-20(8-10)13-3-2-11(7-16)14-15(13)19-5-4-18-14;1-7-3-2-4(6)5(7)8/h2*3-4,6-7,14-16H,5,8-10,12-13H2,1-2H3;3-4,6-7,13,15-16,24H,5,8-9,11-12H2,1-2H3;2-5,10,12H,6,8-9,17H2,1H3;4H,2-3H2,1H3/t2*14-,15-,16?;13-,15+,16?;10-,12+;/m0000./s1. The number of benzene rings is 4. The molecule has 8 aliphatic rings. The molecule has 0 radical (unpaired) electrons. The van der Waals surface area contributed by atoms with Gasteiger partial charge in [0.2, 0.25) is 23.6 Å². The molecular weight excluding hydrogens is 1440 g/mol. The van der Waals surface area contributed by atoms with Crippen LogP contribution in [0, 0.1) is 92.7 Å². The third-order valence-corrected chi connectivity index (χ3v) is 23.5. The molecule has 4 unspecified atom stereocenters. The molecule has 4 aromatic carbocycles. The Hall–Kier alpha value is -10.3. The summed E-state index contributed by atoms with van der Waals surface area (Å²) in [7, 11) is 7.49. The van der Waals surface area contributed by atoms with E-state index in [9.17, 15) is 35.0 Å². The predicted octanol–water partition coefficient (Wildman–Crippen LogP) is 9.49. The molecule has 4 amide bonds. The quantitative estimate of drug-likeness (QED) is 0.120. The summed E-state index contributed by atoms with van der Waals surface area (Å²) >= 11 is 3.25. The van der Waals surface area contributed by atoms with Crippen LogP contribution in [-0.4, -0.2) is 213 Å². The van der Waals surface area contributed by atoms with Gasteiger partial charge in [0.05, 0.1) is 55.9 Å². The molecule has 0 bridgehead atoms. The minimum absolute atomic E-state index is 0.0790. The van der Waals surface area contributed by atoms with Crippen molar-refractivity contribution in [1.82, 2.24) is 64.8 Å². The molecule has 0 saturated carbocycles. The second kappa shape index (κ2) is 35.4. The number of rotatable bonds is 10. The van der Waals surface area contributed by atoms with Crippen molar-refractivity contribution >= 4 is 106 Å². The molecule has 26 nitrogen and oxygen atoms in total. The first kappa shape index (κ1) is 78.3. The molecule has 27 heteroatoms. The summed E-state index contributed by atoms with van der Waals surface area (Å²) in [6.07, 6.45) is 23.3. The number of nitrogens with one attached hydrogen (secondary N) is 1. The van der Waals surface area contributed by atoms with E-state index in [1.807, 2.05) is 86.5 Å². The van der Waals surface area contributed by atoms with E-state index in [4.69, 9.17) is 11.0 Å². The zero-order valence-electron chi connectivity index (χ0n) is 63.8. The number of nitrogens with two attached hydrogens (primary N) is 1. The van der Waals surface area contributed by atoms with Crippen LogP contribution < -0.4 is 30.7 Å². The van der Waals surface area contributed by atoms with Gasteiger partial charge >= 0.3 is 0 Å². The fourth-order valence-electron chi connectivity index (χ4n) is 17.6. The van der Waals surface area contributed by atoms with Gasteiger partial charge < -0.3 is 50.2 Å². The number of hydrogen-bond acceptors (Lipinski definition) is 22. The maximum absolute atomic E-state index is 12.3. The Morgan fingerprint density at radius 3 is 1.01 bits per heavy atom. The molecule has 0 spiro atoms. The Morgan fingerprint density at radius 2 is 0.706 bits per heavy atom. The number of likely N-dealkylation sites (tertiary alicyclic amines) is 4. The van der Waals surface area contributed by atoms with Crippen LogP contribution in [0.3, 0.4) is 0 Å². The number of alkyl halides is 1. The number of amides is 4. The van der Waals surface area contributed by atoms with E-state index < -0.39 is 0 Å². The smallest absolute Gasteiger partial charge is 0.239 e. The lowest BCUT2D eigenvalue weighted by molar-refractivity contribution is -0.131. The lowest BCUT2D eigenvalue weighted by Crippen LogP contribution is -2.53. The Balaban J connectivity index is 0.000000131. The van der Waals surface area contributed by atoms with Crippen LogP contribution in [0.2, 0.25) is 0 Å². The summed E-state index contributed by atoms with van der Waals surface area (Å²) in [6, 6.07) is 24.4. The van der Waals surface area contributed by atoms with Crippen LogP contribution in [0.15, 0.2) is 98.1 Å². The van der Waals surface area contributed by atoms with Gasteiger partial charge in [-0.15, -0.1) is 0 Å². The molecule has 8 fully saturated rings. The van der Waals surface area contributed by atoms with E-state index in [1.165, 1.54) is 0 Å². The highest BCUT2D eigenvalue weighted by molar-refractivity contribution is 9.10. The first-order valence-corrected chi connectivity index (χ1v) is 39.2. The third-order valence-electron chi connectivity index (χ3n) is 22.6. The molecular formula is C82H99BrN22O4. The predicted molar refractivity (Wildman–Crippen MR) is 425 cm³/mol. The Labute approximate surface area is 646 Å². The normalized spacial score (nSPS) is 25.5. The van der Waals surface area contributed by atoms with Crippen LogP contribution in [0.5, 0.6) is 0 Å². The summed E-state index contributed by atoms with van der Waals surface area (Å²) in [5.74, 6) is 4.50. The molecule has 8 aliphatic heterocycles.